The van der Waals surface area contributed by atoms with Crippen molar-refractivity contribution in [3.05, 3.63) is 17.7 Å². The number of hydrogen-bond acceptors (Lipinski definition) is 5. The fourth-order valence-corrected chi connectivity index (χ4v) is 2.18. The number of carbonyl (C=O) groups is 1. The molecule has 0 bridgehead atoms. The molecule has 7 heteroatoms. The van der Waals surface area contributed by atoms with E-state index in [1.54, 1.807) is 0 Å². The molecule has 0 heterocycles. The average Bonchev–Trinajstić information content (AvgIpc) is 2.14. The average molecular weight is 265 g/mol. The maximum atomic E-state index is 11.2. The second-order valence-electron chi connectivity index (χ2n) is 3.01. The van der Waals surface area contributed by atoms with E-state index in [0.717, 1.165) is 12.1 Å². The van der Waals surface area contributed by atoms with Crippen LogP contribution in [0.4, 0.5) is 0 Å². The van der Waals surface area contributed by atoms with Gasteiger partial charge in [-0.25, -0.2) is 8.42 Å². The molecule has 0 radical (unpaired) electrons. The Labute approximate surface area is 97.0 Å². The van der Waals surface area contributed by atoms with Gasteiger partial charge in [-0.3, -0.25) is 4.79 Å². The van der Waals surface area contributed by atoms with Crippen LogP contribution in [0.25, 0.3) is 0 Å². The van der Waals surface area contributed by atoms with Crippen molar-refractivity contribution in [3.8, 4) is 11.5 Å². The third-order valence-electron chi connectivity index (χ3n) is 1.92. The van der Waals surface area contributed by atoms with Gasteiger partial charge in [0.05, 0.1) is 12.7 Å². The van der Waals surface area contributed by atoms with Crippen molar-refractivity contribution in [2.75, 3.05) is 7.11 Å². The van der Waals surface area contributed by atoms with Gasteiger partial charge >= 0.3 is 0 Å². The molecule has 0 aliphatic heterocycles. The van der Waals surface area contributed by atoms with Crippen molar-refractivity contribution >= 4 is 25.5 Å². The zero-order valence-electron chi connectivity index (χ0n) is 8.52. The van der Waals surface area contributed by atoms with E-state index in [9.17, 15) is 18.3 Å². The smallest absolute Gasteiger partial charge is 0.265 e. The van der Waals surface area contributed by atoms with Crippen LogP contribution >= 0.6 is 10.7 Å². The molecule has 0 aliphatic carbocycles. The van der Waals surface area contributed by atoms with E-state index in [2.05, 4.69) is 0 Å². The molecule has 0 aromatic heterocycles. The van der Waals surface area contributed by atoms with E-state index < -0.39 is 14.8 Å². The zero-order valence-corrected chi connectivity index (χ0v) is 10.1. The first-order chi connectivity index (χ1) is 7.27. The van der Waals surface area contributed by atoms with Gasteiger partial charge in [0, 0.05) is 16.7 Å². The Morgan fingerprint density at radius 3 is 2.38 bits per heavy atom. The number of hydrogen-bond donors (Lipinski definition) is 1. The summed E-state index contributed by atoms with van der Waals surface area (Å²) < 4.78 is 27.1. The van der Waals surface area contributed by atoms with Crippen LogP contribution in [0.5, 0.6) is 11.5 Å². The molecular formula is C9H9ClO5S. The molecule has 0 spiro atoms. The van der Waals surface area contributed by atoms with Crippen LogP contribution in [-0.2, 0) is 9.05 Å². The Balaban J connectivity index is 3.60. The molecule has 1 aromatic rings. The molecular weight excluding hydrogens is 256 g/mol. The molecule has 0 aliphatic rings. The summed E-state index contributed by atoms with van der Waals surface area (Å²) in [6.07, 6.45) is 0. The summed E-state index contributed by atoms with van der Waals surface area (Å²) >= 11 is 0. The topological polar surface area (TPSA) is 80.7 Å². The summed E-state index contributed by atoms with van der Waals surface area (Å²) in [5, 5.41) is 9.44. The van der Waals surface area contributed by atoms with E-state index in [0.29, 0.717) is 0 Å². The Bertz CT molecular complexity index is 535. The summed E-state index contributed by atoms with van der Waals surface area (Å²) in [4.78, 5) is 10.8. The van der Waals surface area contributed by atoms with Gasteiger partial charge in [0.2, 0.25) is 0 Å². The maximum Gasteiger partial charge on any atom is 0.265 e. The molecule has 88 valence electrons. The third-order valence-corrected chi connectivity index (χ3v) is 3.27. The van der Waals surface area contributed by atoms with Gasteiger partial charge < -0.3 is 9.84 Å². The van der Waals surface area contributed by atoms with Crippen molar-refractivity contribution in [2.45, 2.75) is 11.8 Å². The van der Waals surface area contributed by atoms with Crippen LogP contribution in [0.15, 0.2) is 17.0 Å². The van der Waals surface area contributed by atoms with E-state index in [1.165, 1.54) is 14.0 Å². The Kier molecular flexibility index (Phi) is 3.44. The van der Waals surface area contributed by atoms with E-state index >= 15 is 0 Å². The van der Waals surface area contributed by atoms with Gasteiger partial charge in [-0.15, -0.1) is 0 Å². The van der Waals surface area contributed by atoms with Gasteiger partial charge in [-0.05, 0) is 13.0 Å². The Morgan fingerprint density at radius 1 is 1.44 bits per heavy atom. The van der Waals surface area contributed by atoms with Crippen LogP contribution in [0.1, 0.15) is 17.3 Å². The molecule has 0 saturated carbocycles. The number of benzene rings is 1. The van der Waals surface area contributed by atoms with Crippen molar-refractivity contribution < 1.29 is 23.1 Å². The minimum absolute atomic E-state index is 0.113. The lowest BCUT2D eigenvalue weighted by Gasteiger charge is -2.08. The number of carbonyl (C=O) groups excluding carboxylic acids is 1. The first kappa shape index (κ1) is 12.8. The van der Waals surface area contributed by atoms with Crippen LogP contribution in [0.3, 0.4) is 0 Å². The number of rotatable bonds is 3. The predicted octanol–water partition coefficient (Wildman–Crippen LogP) is 1.53. The Morgan fingerprint density at radius 2 is 2.00 bits per heavy atom. The van der Waals surface area contributed by atoms with E-state index in [1.807, 2.05) is 0 Å². The highest BCUT2D eigenvalue weighted by Gasteiger charge is 2.21. The molecule has 1 rings (SSSR count). The maximum absolute atomic E-state index is 11.2. The van der Waals surface area contributed by atoms with Crippen LogP contribution < -0.4 is 4.74 Å². The van der Waals surface area contributed by atoms with Gasteiger partial charge in [-0.1, -0.05) is 0 Å². The number of aromatic hydroxyl groups is 1. The van der Waals surface area contributed by atoms with Crippen molar-refractivity contribution in [1.29, 1.82) is 0 Å². The third kappa shape index (κ3) is 2.45. The van der Waals surface area contributed by atoms with E-state index in [4.69, 9.17) is 15.4 Å². The molecule has 16 heavy (non-hydrogen) atoms. The van der Waals surface area contributed by atoms with Gasteiger partial charge in [0.1, 0.15) is 16.4 Å². The lowest BCUT2D eigenvalue weighted by Crippen LogP contribution is -2.01. The molecule has 0 amide bonds. The highest BCUT2D eigenvalue weighted by atomic mass is 35.7. The van der Waals surface area contributed by atoms with Gasteiger partial charge in [-0.2, -0.15) is 0 Å². The minimum atomic E-state index is -4.03. The fourth-order valence-electron chi connectivity index (χ4n) is 1.18. The van der Waals surface area contributed by atoms with Gasteiger partial charge in [0.25, 0.3) is 9.05 Å². The quantitative estimate of drug-likeness (QED) is 0.661. The summed E-state index contributed by atoms with van der Waals surface area (Å²) in [7, 11) is 2.37. The van der Waals surface area contributed by atoms with Crippen LogP contribution in [0.2, 0.25) is 0 Å². The largest absolute Gasteiger partial charge is 0.507 e. The number of phenols is 1. The summed E-state index contributed by atoms with van der Waals surface area (Å²) in [6, 6.07) is 2.02. The van der Waals surface area contributed by atoms with E-state index in [-0.39, 0.29) is 22.0 Å². The number of halogens is 1. The highest BCUT2D eigenvalue weighted by molar-refractivity contribution is 8.13. The fraction of sp³-hybridized carbons (Fsp3) is 0.222. The number of ketones is 1. The summed E-state index contributed by atoms with van der Waals surface area (Å²) in [6.45, 7) is 1.20. The minimum Gasteiger partial charge on any atom is -0.507 e. The molecule has 1 aromatic carbocycles. The number of Topliss-reactive ketones (excluding diaryl/α,β-unsaturated/α-hetero) is 1. The normalized spacial score (nSPS) is 11.2. The summed E-state index contributed by atoms with van der Waals surface area (Å²) in [5.74, 6) is -0.937. The first-order valence-corrected chi connectivity index (χ1v) is 6.45. The lowest BCUT2D eigenvalue weighted by atomic mass is 10.1. The standard InChI is InChI=1S/C9H9ClO5S/c1-5(11)6-3-9(16(10,13)14)8(15-2)4-7(6)12/h3-4,12H,1-2H3. The molecule has 5 nitrogen and oxygen atoms in total. The lowest BCUT2D eigenvalue weighted by molar-refractivity contribution is 0.101. The number of phenolic OH excluding ortho intramolecular Hbond substituents is 1. The monoisotopic (exact) mass is 264 g/mol. The predicted molar refractivity (Wildman–Crippen MR) is 57.7 cm³/mol. The number of ether oxygens (including phenoxy) is 1. The zero-order chi connectivity index (χ0) is 12.5. The highest BCUT2D eigenvalue weighted by Crippen LogP contribution is 2.33. The van der Waals surface area contributed by atoms with Gasteiger partial charge in [0.15, 0.2) is 5.78 Å². The number of methoxy groups -OCH3 is 1. The molecule has 0 fully saturated rings. The van der Waals surface area contributed by atoms with Crippen LogP contribution in [-0.4, -0.2) is 26.4 Å². The van der Waals surface area contributed by atoms with Crippen molar-refractivity contribution in [1.82, 2.24) is 0 Å². The van der Waals surface area contributed by atoms with Crippen molar-refractivity contribution in [3.63, 3.8) is 0 Å². The molecule has 0 unspecified atom stereocenters. The second kappa shape index (κ2) is 4.31. The molecule has 1 N–H and O–H groups in total. The molecule has 0 atom stereocenters. The Hall–Kier alpha value is -1.27. The van der Waals surface area contributed by atoms with Crippen LogP contribution in [0, 0.1) is 0 Å². The first-order valence-electron chi connectivity index (χ1n) is 4.14. The summed E-state index contributed by atoms with van der Waals surface area (Å²) in [5.41, 5.74) is -0.125. The second-order valence-corrected chi connectivity index (χ2v) is 5.55. The SMILES string of the molecule is COc1cc(O)c(C(C)=O)cc1S(=O)(=O)Cl. The molecule has 0 saturated heterocycles. The van der Waals surface area contributed by atoms with Crippen molar-refractivity contribution in [2.24, 2.45) is 0 Å².